The molecule has 102 valence electrons. The third kappa shape index (κ3) is 2.41. The minimum absolute atomic E-state index is 0.000558. The van der Waals surface area contributed by atoms with Crippen molar-refractivity contribution >= 4 is 12.0 Å². The van der Waals surface area contributed by atoms with E-state index in [0.29, 0.717) is 0 Å². The predicted octanol–water partition coefficient (Wildman–Crippen LogP) is 1.70. The number of methoxy groups -OCH3 is 1. The SMILES string of the molecule is COC(=O)N[C@H]1C(=O)N([C@H](C)c2ccccc2)[C@@H]1C. The van der Waals surface area contributed by atoms with E-state index in [1.54, 1.807) is 4.90 Å². The van der Waals surface area contributed by atoms with Gasteiger partial charge < -0.3 is 15.0 Å². The Morgan fingerprint density at radius 2 is 2.00 bits per heavy atom. The smallest absolute Gasteiger partial charge is 0.407 e. The van der Waals surface area contributed by atoms with Crippen LogP contribution in [0.2, 0.25) is 0 Å². The topological polar surface area (TPSA) is 58.6 Å². The van der Waals surface area contributed by atoms with Gasteiger partial charge in [0.15, 0.2) is 0 Å². The van der Waals surface area contributed by atoms with E-state index >= 15 is 0 Å². The van der Waals surface area contributed by atoms with Gasteiger partial charge in [-0.2, -0.15) is 0 Å². The second-order valence-electron chi connectivity index (χ2n) is 4.69. The van der Waals surface area contributed by atoms with Crippen molar-refractivity contribution in [2.75, 3.05) is 7.11 Å². The lowest BCUT2D eigenvalue weighted by molar-refractivity contribution is -0.153. The Bertz CT molecular complexity index is 475. The number of nitrogens with one attached hydrogen (secondary N) is 1. The van der Waals surface area contributed by atoms with Crippen molar-refractivity contribution in [3.05, 3.63) is 35.9 Å². The van der Waals surface area contributed by atoms with Gasteiger partial charge in [-0.1, -0.05) is 30.3 Å². The summed E-state index contributed by atoms with van der Waals surface area (Å²) < 4.78 is 4.51. The van der Waals surface area contributed by atoms with Crippen LogP contribution in [0.4, 0.5) is 4.79 Å². The first-order valence-corrected chi connectivity index (χ1v) is 6.28. The second kappa shape index (κ2) is 5.30. The van der Waals surface area contributed by atoms with E-state index in [1.807, 2.05) is 44.2 Å². The molecule has 0 aromatic heterocycles. The Labute approximate surface area is 112 Å². The van der Waals surface area contributed by atoms with Crippen molar-refractivity contribution in [1.29, 1.82) is 0 Å². The fourth-order valence-electron chi connectivity index (χ4n) is 2.45. The lowest BCUT2D eigenvalue weighted by atomic mass is 9.92. The van der Waals surface area contributed by atoms with Gasteiger partial charge in [0.1, 0.15) is 6.04 Å². The quantitative estimate of drug-likeness (QED) is 0.843. The van der Waals surface area contributed by atoms with Crippen LogP contribution < -0.4 is 5.32 Å². The van der Waals surface area contributed by atoms with Crippen molar-refractivity contribution in [2.45, 2.75) is 32.0 Å². The van der Waals surface area contributed by atoms with Gasteiger partial charge in [-0.25, -0.2) is 4.79 Å². The zero-order valence-electron chi connectivity index (χ0n) is 11.3. The number of carbonyl (C=O) groups is 2. The molecule has 1 aliphatic heterocycles. The Kier molecular flexibility index (Phi) is 3.74. The Morgan fingerprint density at radius 1 is 1.37 bits per heavy atom. The number of likely N-dealkylation sites (tertiary alicyclic amines) is 1. The number of hydrogen-bond acceptors (Lipinski definition) is 3. The van der Waals surface area contributed by atoms with Crippen LogP contribution in [0.3, 0.4) is 0 Å². The maximum absolute atomic E-state index is 12.1. The molecular weight excluding hydrogens is 244 g/mol. The molecule has 1 N–H and O–H groups in total. The molecule has 2 rings (SSSR count). The molecule has 5 nitrogen and oxygen atoms in total. The van der Waals surface area contributed by atoms with Crippen molar-refractivity contribution < 1.29 is 14.3 Å². The van der Waals surface area contributed by atoms with Gasteiger partial charge in [0, 0.05) is 0 Å². The number of rotatable bonds is 3. The minimum Gasteiger partial charge on any atom is -0.453 e. The van der Waals surface area contributed by atoms with Gasteiger partial charge in [-0.15, -0.1) is 0 Å². The number of β-lactam (4-membered cyclic amide) rings is 1. The van der Waals surface area contributed by atoms with Gasteiger partial charge in [0.05, 0.1) is 19.2 Å². The highest BCUT2D eigenvalue weighted by Gasteiger charge is 2.47. The Hall–Kier alpha value is -2.04. The molecule has 0 saturated carbocycles. The molecule has 0 radical (unpaired) electrons. The molecule has 2 amide bonds. The predicted molar refractivity (Wildman–Crippen MR) is 70.5 cm³/mol. The molecule has 3 atom stereocenters. The van der Waals surface area contributed by atoms with Crippen LogP contribution in [0.15, 0.2) is 30.3 Å². The molecule has 0 aliphatic carbocycles. The summed E-state index contributed by atoms with van der Waals surface area (Å²) in [5.41, 5.74) is 1.08. The lowest BCUT2D eigenvalue weighted by Gasteiger charge is -2.48. The summed E-state index contributed by atoms with van der Waals surface area (Å²) in [5, 5.41) is 2.55. The normalized spacial score (nSPS) is 23.5. The van der Waals surface area contributed by atoms with E-state index in [2.05, 4.69) is 10.1 Å². The van der Waals surface area contributed by atoms with Gasteiger partial charge >= 0.3 is 6.09 Å². The number of amides is 2. The fourth-order valence-corrected chi connectivity index (χ4v) is 2.45. The molecule has 0 bridgehead atoms. The molecule has 0 unspecified atom stereocenters. The van der Waals surface area contributed by atoms with E-state index in [1.165, 1.54) is 7.11 Å². The Balaban J connectivity index is 2.04. The highest BCUT2D eigenvalue weighted by molar-refractivity contribution is 5.92. The highest BCUT2D eigenvalue weighted by Crippen LogP contribution is 2.31. The van der Waals surface area contributed by atoms with Gasteiger partial charge in [-0.05, 0) is 19.4 Å². The van der Waals surface area contributed by atoms with Gasteiger partial charge in [0.2, 0.25) is 5.91 Å². The number of alkyl carbamates (subject to hydrolysis) is 1. The summed E-state index contributed by atoms with van der Waals surface area (Å²) in [5.74, 6) is -0.0748. The molecular formula is C14H18N2O3. The molecule has 1 heterocycles. The average molecular weight is 262 g/mol. The van der Waals surface area contributed by atoms with E-state index in [4.69, 9.17) is 0 Å². The third-order valence-electron chi connectivity index (χ3n) is 3.60. The summed E-state index contributed by atoms with van der Waals surface area (Å²) in [6.07, 6.45) is -0.572. The molecule has 1 aromatic carbocycles. The molecule has 1 fully saturated rings. The van der Waals surface area contributed by atoms with Crippen molar-refractivity contribution in [3.8, 4) is 0 Å². The molecule has 19 heavy (non-hydrogen) atoms. The van der Waals surface area contributed by atoms with Crippen molar-refractivity contribution in [2.24, 2.45) is 0 Å². The lowest BCUT2D eigenvalue weighted by Crippen LogP contribution is -2.69. The molecule has 1 saturated heterocycles. The van der Waals surface area contributed by atoms with Gasteiger partial charge in [0.25, 0.3) is 0 Å². The zero-order valence-corrected chi connectivity index (χ0v) is 11.3. The number of carbonyl (C=O) groups excluding carboxylic acids is 2. The van der Waals surface area contributed by atoms with E-state index in [-0.39, 0.29) is 18.0 Å². The Morgan fingerprint density at radius 3 is 2.53 bits per heavy atom. The van der Waals surface area contributed by atoms with Crippen LogP contribution in [0.25, 0.3) is 0 Å². The first-order chi connectivity index (χ1) is 9.06. The standard InChI is InChI=1S/C14H18N2O3/c1-9(11-7-5-4-6-8-11)16-10(2)12(13(16)17)15-14(18)19-3/h4-10,12H,1-3H3,(H,15,18)/t9-,10-,12-/m1/s1. The number of benzene rings is 1. The maximum atomic E-state index is 12.1. The van der Waals surface area contributed by atoms with E-state index < -0.39 is 12.1 Å². The summed E-state index contributed by atoms with van der Waals surface area (Å²) >= 11 is 0. The zero-order chi connectivity index (χ0) is 14.0. The highest BCUT2D eigenvalue weighted by atomic mass is 16.5. The maximum Gasteiger partial charge on any atom is 0.407 e. The van der Waals surface area contributed by atoms with Crippen LogP contribution in [0.5, 0.6) is 0 Å². The fraction of sp³-hybridized carbons (Fsp3) is 0.429. The summed E-state index contributed by atoms with van der Waals surface area (Å²) in [7, 11) is 1.29. The molecule has 1 aliphatic rings. The number of hydrogen-bond donors (Lipinski definition) is 1. The monoisotopic (exact) mass is 262 g/mol. The first kappa shape index (κ1) is 13.4. The number of nitrogens with zero attached hydrogens (tertiary/aromatic N) is 1. The van der Waals surface area contributed by atoms with Crippen molar-refractivity contribution in [1.82, 2.24) is 10.2 Å². The van der Waals surface area contributed by atoms with E-state index in [0.717, 1.165) is 5.56 Å². The summed E-state index contributed by atoms with van der Waals surface area (Å²) in [4.78, 5) is 25.0. The first-order valence-electron chi connectivity index (χ1n) is 6.28. The molecule has 0 spiro atoms. The van der Waals surface area contributed by atoms with Crippen LogP contribution >= 0.6 is 0 Å². The third-order valence-corrected chi connectivity index (χ3v) is 3.60. The largest absolute Gasteiger partial charge is 0.453 e. The van der Waals surface area contributed by atoms with Gasteiger partial charge in [-0.3, -0.25) is 4.79 Å². The summed E-state index contributed by atoms with van der Waals surface area (Å²) in [6, 6.07) is 9.30. The van der Waals surface area contributed by atoms with Crippen LogP contribution in [-0.2, 0) is 9.53 Å². The second-order valence-corrected chi connectivity index (χ2v) is 4.69. The summed E-state index contributed by atoms with van der Waals surface area (Å²) in [6.45, 7) is 3.90. The van der Waals surface area contributed by atoms with Crippen LogP contribution in [-0.4, -0.2) is 36.1 Å². The van der Waals surface area contributed by atoms with E-state index in [9.17, 15) is 9.59 Å². The van der Waals surface area contributed by atoms with Crippen molar-refractivity contribution in [3.63, 3.8) is 0 Å². The van der Waals surface area contributed by atoms with Crippen LogP contribution in [0.1, 0.15) is 25.5 Å². The average Bonchev–Trinajstić information content (AvgIpc) is 2.45. The van der Waals surface area contributed by atoms with Crippen LogP contribution in [0, 0.1) is 0 Å². The molecule has 1 aromatic rings. The molecule has 5 heteroatoms. The minimum atomic E-state index is -0.572. The number of ether oxygens (including phenoxy) is 1.